The Morgan fingerprint density at radius 3 is 2.44 bits per heavy atom. The molecular formula is C22H33ClN2O2. The number of nitrogens with zero attached hydrogens (tertiary/aromatic N) is 2. The number of hydrogen-bond donors (Lipinski definition) is 1. The Morgan fingerprint density at radius 1 is 1.22 bits per heavy atom. The van der Waals surface area contributed by atoms with Gasteiger partial charge >= 0.3 is 0 Å². The number of benzene rings is 1. The van der Waals surface area contributed by atoms with Crippen molar-refractivity contribution in [3.8, 4) is 5.75 Å². The summed E-state index contributed by atoms with van der Waals surface area (Å²) in [6.07, 6.45) is 5.38. The fourth-order valence-electron chi connectivity index (χ4n) is 4.38. The minimum atomic E-state index is -0.0713. The van der Waals surface area contributed by atoms with Gasteiger partial charge in [-0.25, -0.2) is 0 Å². The molecule has 5 heteroatoms. The molecule has 2 aliphatic heterocycles. The number of rotatable bonds is 4. The van der Waals surface area contributed by atoms with Crippen molar-refractivity contribution in [2.45, 2.75) is 58.9 Å². The Bertz CT molecular complexity index is 658. The van der Waals surface area contributed by atoms with Gasteiger partial charge in [-0.05, 0) is 68.3 Å². The summed E-state index contributed by atoms with van der Waals surface area (Å²) in [5.74, 6) is 0.248. The summed E-state index contributed by atoms with van der Waals surface area (Å²) >= 11 is 5.98. The van der Waals surface area contributed by atoms with E-state index in [0.717, 1.165) is 31.5 Å². The first kappa shape index (κ1) is 20.5. The number of carbonyl (C=O) groups is 1. The van der Waals surface area contributed by atoms with Crippen molar-refractivity contribution in [1.82, 2.24) is 9.80 Å². The van der Waals surface area contributed by atoms with Gasteiger partial charge in [-0.2, -0.15) is 0 Å². The molecule has 1 atom stereocenters. The third-order valence-electron chi connectivity index (χ3n) is 6.42. The monoisotopic (exact) mass is 392 g/mol. The van der Waals surface area contributed by atoms with E-state index in [2.05, 4.69) is 18.7 Å². The molecule has 2 heterocycles. The van der Waals surface area contributed by atoms with E-state index < -0.39 is 0 Å². The van der Waals surface area contributed by atoms with E-state index in [1.807, 2.05) is 17.9 Å². The molecule has 3 rings (SSSR count). The van der Waals surface area contributed by atoms with Crippen molar-refractivity contribution >= 4 is 17.5 Å². The number of phenols is 1. The van der Waals surface area contributed by atoms with E-state index in [0.29, 0.717) is 22.9 Å². The van der Waals surface area contributed by atoms with Crippen LogP contribution in [0.25, 0.3) is 0 Å². The Morgan fingerprint density at radius 2 is 1.85 bits per heavy atom. The van der Waals surface area contributed by atoms with Crippen LogP contribution in [0.4, 0.5) is 0 Å². The predicted molar refractivity (Wildman–Crippen MR) is 110 cm³/mol. The first-order valence-electron chi connectivity index (χ1n) is 10.3. The van der Waals surface area contributed by atoms with Crippen LogP contribution in [-0.2, 0) is 11.2 Å². The minimum absolute atomic E-state index is 0.0713. The lowest BCUT2D eigenvalue weighted by molar-refractivity contribution is -0.136. The maximum atomic E-state index is 12.9. The van der Waals surface area contributed by atoms with Crippen LogP contribution in [0.2, 0.25) is 5.02 Å². The summed E-state index contributed by atoms with van der Waals surface area (Å²) in [7, 11) is 0. The lowest BCUT2D eigenvalue weighted by Gasteiger charge is -2.44. The number of aromatic hydroxyl groups is 1. The molecule has 0 saturated carbocycles. The highest BCUT2D eigenvalue weighted by atomic mass is 35.5. The van der Waals surface area contributed by atoms with Gasteiger partial charge in [0.1, 0.15) is 5.75 Å². The highest BCUT2D eigenvalue weighted by molar-refractivity contribution is 6.32. The summed E-state index contributed by atoms with van der Waals surface area (Å²) in [4.78, 5) is 17.5. The Balaban J connectivity index is 1.48. The van der Waals surface area contributed by atoms with Gasteiger partial charge in [0.15, 0.2) is 0 Å². The van der Waals surface area contributed by atoms with Crippen LogP contribution in [0.1, 0.15) is 52.0 Å². The molecule has 1 N–H and O–H groups in total. The van der Waals surface area contributed by atoms with Crippen molar-refractivity contribution in [1.29, 1.82) is 0 Å². The summed E-state index contributed by atoms with van der Waals surface area (Å²) in [6, 6.07) is 5.83. The van der Waals surface area contributed by atoms with Gasteiger partial charge in [0.25, 0.3) is 0 Å². The molecule has 0 spiro atoms. The van der Waals surface area contributed by atoms with E-state index in [1.54, 1.807) is 12.1 Å². The van der Waals surface area contributed by atoms with Gasteiger partial charge in [0, 0.05) is 25.0 Å². The predicted octanol–water partition coefficient (Wildman–Crippen LogP) is 4.34. The minimum Gasteiger partial charge on any atom is -0.506 e. The average molecular weight is 393 g/mol. The van der Waals surface area contributed by atoms with Crippen molar-refractivity contribution < 1.29 is 9.90 Å². The second kappa shape index (κ2) is 8.40. The zero-order chi connectivity index (χ0) is 19.6. The zero-order valence-electron chi connectivity index (χ0n) is 16.9. The largest absolute Gasteiger partial charge is 0.506 e. The Kier molecular flexibility index (Phi) is 6.37. The number of amides is 1. The van der Waals surface area contributed by atoms with Crippen molar-refractivity contribution in [2.24, 2.45) is 11.3 Å². The normalized spacial score (nSPS) is 22.6. The fraction of sp³-hybridized carbons (Fsp3) is 0.682. The van der Waals surface area contributed by atoms with E-state index in [9.17, 15) is 9.90 Å². The molecule has 1 aromatic carbocycles. The van der Waals surface area contributed by atoms with Crippen LogP contribution in [0.15, 0.2) is 18.2 Å². The molecule has 0 aliphatic carbocycles. The van der Waals surface area contributed by atoms with Crippen LogP contribution in [0, 0.1) is 11.3 Å². The van der Waals surface area contributed by atoms with E-state index >= 15 is 0 Å². The lowest BCUT2D eigenvalue weighted by atomic mass is 9.82. The molecule has 2 fully saturated rings. The standard InChI is InChI=1S/C22H33ClN2O2/c1-16(14-17-4-5-20(26)19(23)15-17)21(27)25-10-6-18(7-11-25)24-12-8-22(2,3)9-13-24/h4-5,15-16,18,26H,6-14H2,1-3H3/t16-/m1/s1. The smallest absolute Gasteiger partial charge is 0.225 e. The van der Waals surface area contributed by atoms with E-state index in [4.69, 9.17) is 11.6 Å². The third kappa shape index (κ3) is 5.17. The quantitative estimate of drug-likeness (QED) is 0.828. The van der Waals surface area contributed by atoms with Crippen molar-refractivity contribution in [3.63, 3.8) is 0 Å². The molecule has 0 unspecified atom stereocenters. The molecule has 150 valence electrons. The van der Waals surface area contributed by atoms with Crippen molar-refractivity contribution in [3.05, 3.63) is 28.8 Å². The second-order valence-electron chi connectivity index (χ2n) is 9.15. The number of hydrogen-bond acceptors (Lipinski definition) is 3. The summed E-state index contributed by atoms with van der Waals surface area (Å²) in [5.41, 5.74) is 1.48. The van der Waals surface area contributed by atoms with Gasteiger partial charge in [-0.15, -0.1) is 0 Å². The number of likely N-dealkylation sites (tertiary alicyclic amines) is 2. The average Bonchev–Trinajstić information content (AvgIpc) is 2.64. The summed E-state index contributed by atoms with van der Waals surface area (Å²) in [6.45, 7) is 10.9. The van der Waals surface area contributed by atoms with Gasteiger partial charge in [0.2, 0.25) is 5.91 Å². The molecule has 2 saturated heterocycles. The first-order chi connectivity index (χ1) is 12.7. The highest BCUT2D eigenvalue weighted by Crippen LogP contribution is 2.32. The van der Waals surface area contributed by atoms with Crippen LogP contribution < -0.4 is 0 Å². The summed E-state index contributed by atoms with van der Waals surface area (Å²) < 4.78 is 0. The van der Waals surface area contributed by atoms with Crippen LogP contribution in [0.5, 0.6) is 5.75 Å². The zero-order valence-corrected chi connectivity index (χ0v) is 17.6. The highest BCUT2D eigenvalue weighted by Gasteiger charge is 2.32. The molecule has 4 nitrogen and oxygen atoms in total. The van der Waals surface area contributed by atoms with Crippen LogP contribution in [0.3, 0.4) is 0 Å². The van der Waals surface area contributed by atoms with Gasteiger partial charge < -0.3 is 14.9 Å². The molecule has 27 heavy (non-hydrogen) atoms. The molecule has 1 aromatic rings. The number of piperidine rings is 2. The van der Waals surface area contributed by atoms with Crippen LogP contribution >= 0.6 is 11.6 Å². The summed E-state index contributed by atoms with van der Waals surface area (Å²) in [5, 5.41) is 9.89. The molecule has 2 aliphatic rings. The van der Waals surface area contributed by atoms with Gasteiger partial charge in [-0.3, -0.25) is 4.79 Å². The van der Waals surface area contributed by atoms with Crippen LogP contribution in [-0.4, -0.2) is 53.0 Å². The molecule has 0 bridgehead atoms. The van der Waals surface area contributed by atoms with Crippen molar-refractivity contribution in [2.75, 3.05) is 26.2 Å². The first-order valence-corrected chi connectivity index (χ1v) is 10.6. The Hall–Kier alpha value is -1.26. The molecule has 1 amide bonds. The molecule has 0 radical (unpaired) electrons. The molecular weight excluding hydrogens is 360 g/mol. The maximum absolute atomic E-state index is 12.9. The van der Waals surface area contributed by atoms with E-state index in [1.165, 1.54) is 25.9 Å². The third-order valence-corrected chi connectivity index (χ3v) is 6.72. The number of halogens is 1. The Labute approximate surface area is 168 Å². The molecule has 0 aromatic heterocycles. The lowest BCUT2D eigenvalue weighted by Crippen LogP contribution is -2.50. The SMILES string of the molecule is C[C@H](Cc1ccc(O)c(Cl)c1)C(=O)N1CCC(N2CCC(C)(C)CC2)CC1. The topological polar surface area (TPSA) is 43.8 Å². The second-order valence-corrected chi connectivity index (χ2v) is 9.55. The fourth-order valence-corrected chi connectivity index (χ4v) is 4.58. The maximum Gasteiger partial charge on any atom is 0.225 e. The van der Waals surface area contributed by atoms with Gasteiger partial charge in [-0.1, -0.05) is 38.4 Å². The number of carbonyl (C=O) groups excluding carboxylic acids is 1. The number of phenolic OH excluding ortho intramolecular Hbond substituents is 1. The van der Waals surface area contributed by atoms with E-state index in [-0.39, 0.29) is 17.6 Å². The van der Waals surface area contributed by atoms with Gasteiger partial charge in [0.05, 0.1) is 5.02 Å².